The molecule has 114 valence electrons. The van der Waals surface area contributed by atoms with Gasteiger partial charge in [-0.2, -0.15) is 0 Å². The van der Waals surface area contributed by atoms with Crippen LogP contribution in [0, 0.1) is 0 Å². The van der Waals surface area contributed by atoms with Gasteiger partial charge < -0.3 is 15.2 Å². The van der Waals surface area contributed by atoms with Crippen LogP contribution in [0.4, 0.5) is 0 Å². The highest BCUT2D eigenvalue weighted by molar-refractivity contribution is 6.29. The minimum Gasteiger partial charge on any atom is -0.490 e. The molecule has 1 aromatic heterocycles. The lowest BCUT2D eigenvalue weighted by molar-refractivity contribution is 0.194. The van der Waals surface area contributed by atoms with Crippen LogP contribution in [0.25, 0.3) is 5.57 Å². The van der Waals surface area contributed by atoms with E-state index in [1.807, 2.05) is 13.8 Å². The van der Waals surface area contributed by atoms with Gasteiger partial charge in [-0.3, -0.25) is 4.99 Å². The Balaban J connectivity index is 2.24. The summed E-state index contributed by atoms with van der Waals surface area (Å²) in [7, 11) is 0. The Morgan fingerprint density at radius 1 is 1.62 bits per heavy atom. The van der Waals surface area contributed by atoms with Gasteiger partial charge >= 0.3 is 0 Å². The molecule has 6 heteroatoms. The summed E-state index contributed by atoms with van der Waals surface area (Å²) in [5.41, 5.74) is 7.25. The largest absolute Gasteiger partial charge is 0.490 e. The van der Waals surface area contributed by atoms with Gasteiger partial charge in [0, 0.05) is 42.4 Å². The number of hydrogen-bond acceptors (Lipinski definition) is 5. The first kappa shape index (κ1) is 15.8. The third kappa shape index (κ3) is 4.44. The summed E-state index contributed by atoms with van der Waals surface area (Å²) >= 11 is 5.94. The molecule has 1 atom stereocenters. The fraction of sp³-hybridized carbons (Fsp3) is 0.467. The van der Waals surface area contributed by atoms with Crippen LogP contribution in [0.15, 0.2) is 23.5 Å². The number of rotatable bonds is 5. The van der Waals surface area contributed by atoms with Gasteiger partial charge in [0.15, 0.2) is 0 Å². The fourth-order valence-electron chi connectivity index (χ4n) is 2.01. The molecular weight excluding hydrogens is 290 g/mol. The maximum absolute atomic E-state index is 5.94. The van der Waals surface area contributed by atoms with E-state index in [9.17, 15) is 0 Å². The Kier molecular flexibility index (Phi) is 5.59. The van der Waals surface area contributed by atoms with Crippen molar-refractivity contribution in [2.75, 3.05) is 13.2 Å². The molecule has 0 spiro atoms. The number of nitrogens with two attached hydrogens (primary N) is 1. The van der Waals surface area contributed by atoms with Crippen molar-refractivity contribution in [3.05, 3.63) is 29.2 Å². The van der Waals surface area contributed by atoms with Crippen LogP contribution in [0.5, 0.6) is 5.75 Å². The number of hydrogen-bond donors (Lipinski definition) is 1. The lowest BCUT2D eigenvalue weighted by Gasteiger charge is -2.14. The van der Waals surface area contributed by atoms with Crippen molar-refractivity contribution in [1.29, 1.82) is 0 Å². The van der Waals surface area contributed by atoms with Crippen molar-refractivity contribution in [2.24, 2.45) is 10.7 Å². The first-order chi connectivity index (χ1) is 10.1. The van der Waals surface area contributed by atoms with Crippen LogP contribution in [0.3, 0.4) is 0 Å². The molecule has 2 heterocycles. The van der Waals surface area contributed by atoms with E-state index < -0.39 is 0 Å². The molecule has 21 heavy (non-hydrogen) atoms. The maximum atomic E-state index is 5.94. The predicted octanol–water partition coefficient (Wildman–Crippen LogP) is 2.68. The van der Waals surface area contributed by atoms with Gasteiger partial charge in [0.2, 0.25) is 0 Å². The average molecular weight is 310 g/mol. The molecule has 1 aromatic rings. The molecule has 0 bridgehead atoms. The molecule has 1 unspecified atom stereocenters. The molecule has 5 nitrogen and oxygen atoms in total. The first-order valence-corrected chi connectivity index (χ1v) is 7.33. The summed E-state index contributed by atoms with van der Waals surface area (Å²) in [6.45, 7) is 5.32. The molecule has 0 amide bonds. The van der Waals surface area contributed by atoms with Crippen LogP contribution >= 0.6 is 11.6 Å². The van der Waals surface area contributed by atoms with Gasteiger partial charge in [0.25, 0.3) is 0 Å². The van der Waals surface area contributed by atoms with E-state index in [1.165, 1.54) is 6.20 Å². The van der Waals surface area contributed by atoms with Crippen LogP contribution in [-0.4, -0.2) is 36.6 Å². The summed E-state index contributed by atoms with van der Waals surface area (Å²) in [5, 5.41) is 0.381. The molecule has 1 aliphatic rings. The number of aliphatic imine (C=N–C) groups is 1. The monoisotopic (exact) mass is 309 g/mol. The van der Waals surface area contributed by atoms with Crippen molar-refractivity contribution in [1.82, 2.24) is 4.98 Å². The molecule has 0 radical (unpaired) electrons. The van der Waals surface area contributed by atoms with E-state index in [-0.39, 0.29) is 12.1 Å². The normalized spacial score (nSPS) is 19.6. The molecule has 0 aromatic carbocycles. The van der Waals surface area contributed by atoms with Crippen molar-refractivity contribution in [3.63, 3.8) is 0 Å². The highest BCUT2D eigenvalue weighted by Crippen LogP contribution is 2.27. The molecule has 1 aliphatic heterocycles. The fourth-order valence-corrected chi connectivity index (χ4v) is 2.16. The lowest BCUT2D eigenvalue weighted by Crippen LogP contribution is -2.09. The molecule has 0 saturated carbocycles. The summed E-state index contributed by atoms with van der Waals surface area (Å²) < 4.78 is 11.1. The highest BCUT2D eigenvalue weighted by atomic mass is 35.5. The Labute approximate surface area is 129 Å². The van der Waals surface area contributed by atoms with Gasteiger partial charge in [-0.1, -0.05) is 11.6 Å². The Bertz CT molecular complexity index is 538. The average Bonchev–Trinajstić information content (AvgIpc) is 2.94. The topological polar surface area (TPSA) is 69.7 Å². The smallest absolute Gasteiger partial charge is 0.132 e. The Hall–Kier alpha value is -1.59. The third-order valence-electron chi connectivity index (χ3n) is 3.02. The minimum atomic E-state index is 0.0291. The number of halogens is 1. The van der Waals surface area contributed by atoms with E-state index in [0.717, 1.165) is 24.2 Å². The SMILES string of the molecule is CC(C)Oc1cc(Cl)ncc1C(C=NC1CCOC1)=CN. The van der Waals surface area contributed by atoms with E-state index in [2.05, 4.69) is 9.98 Å². The van der Waals surface area contributed by atoms with Crippen LogP contribution in [0.1, 0.15) is 25.8 Å². The lowest BCUT2D eigenvalue weighted by atomic mass is 10.1. The molecule has 1 saturated heterocycles. The Morgan fingerprint density at radius 2 is 2.43 bits per heavy atom. The number of allylic oxidation sites excluding steroid dienone is 1. The number of ether oxygens (including phenoxy) is 2. The zero-order chi connectivity index (χ0) is 15.2. The molecule has 0 aliphatic carbocycles. The quantitative estimate of drug-likeness (QED) is 0.670. The second-order valence-electron chi connectivity index (χ2n) is 5.09. The highest BCUT2D eigenvalue weighted by Gasteiger charge is 2.15. The van der Waals surface area contributed by atoms with E-state index in [0.29, 0.717) is 17.5 Å². The van der Waals surface area contributed by atoms with Crippen molar-refractivity contribution in [2.45, 2.75) is 32.4 Å². The minimum absolute atomic E-state index is 0.0291. The maximum Gasteiger partial charge on any atom is 0.132 e. The van der Waals surface area contributed by atoms with Crippen molar-refractivity contribution < 1.29 is 9.47 Å². The number of aromatic nitrogens is 1. The standard InChI is InChI=1S/C15H20ClN3O2/c1-10(2)21-14-5-15(16)19-8-13(14)11(6-17)7-18-12-3-4-20-9-12/h5-8,10,12H,3-4,9,17H2,1-2H3. The van der Waals surface area contributed by atoms with E-state index in [4.69, 9.17) is 26.8 Å². The summed E-state index contributed by atoms with van der Waals surface area (Å²) in [6, 6.07) is 1.88. The van der Waals surface area contributed by atoms with Crippen molar-refractivity contribution in [3.8, 4) is 5.75 Å². The van der Waals surface area contributed by atoms with Crippen LogP contribution in [0.2, 0.25) is 5.15 Å². The van der Waals surface area contributed by atoms with Crippen LogP contribution in [-0.2, 0) is 4.74 Å². The predicted molar refractivity (Wildman–Crippen MR) is 84.9 cm³/mol. The summed E-state index contributed by atoms with van der Waals surface area (Å²) in [6.07, 6.45) is 5.86. The molecule has 2 N–H and O–H groups in total. The van der Waals surface area contributed by atoms with Gasteiger partial charge in [0.1, 0.15) is 10.9 Å². The molecule has 1 fully saturated rings. The molecular formula is C15H20ClN3O2. The zero-order valence-corrected chi connectivity index (χ0v) is 13.0. The van der Waals surface area contributed by atoms with Gasteiger partial charge in [-0.25, -0.2) is 4.98 Å². The first-order valence-electron chi connectivity index (χ1n) is 6.95. The zero-order valence-electron chi connectivity index (χ0n) is 12.3. The summed E-state index contributed by atoms with van der Waals surface area (Å²) in [5.74, 6) is 0.649. The van der Waals surface area contributed by atoms with E-state index >= 15 is 0 Å². The second-order valence-corrected chi connectivity index (χ2v) is 5.47. The van der Waals surface area contributed by atoms with Crippen LogP contribution < -0.4 is 10.5 Å². The third-order valence-corrected chi connectivity index (χ3v) is 3.22. The molecule has 2 rings (SSSR count). The van der Waals surface area contributed by atoms with Gasteiger partial charge in [-0.15, -0.1) is 0 Å². The number of nitrogens with zero attached hydrogens (tertiary/aromatic N) is 2. The second kappa shape index (κ2) is 7.43. The summed E-state index contributed by atoms with van der Waals surface area (Å²) in [4.78, 5) is 8.60. The number of pyridine rings is 1. The van der Waals surface area contributed by atoms with Gasteiger partial charge in [0.05, 0.1) is 18.8 Å². The van der Waals surface area contributed by atoms with Gasteiger partial charge in [-0.05, 0) is 20.3 Å². The van der Waals surface area contributed by atoms with E-state index in [1.54, 1.807) is 18.5 Å². The Morgan fingerprint density at radius 3 is 3.05 bits per heavy atom. The van der Waals surface area contributed by atoms with Crippen molar-refractivity contribution >= 4 is 23.4 Å².